The SMILES string of the molecule is CC[C-](CC)c1ccccc1.[C-]1=CC=CC1.[Cl-].[Cl-].[Cl-].[V]. The number of allylic oxidation sites excluding steroid dienone is 4. The van der Waals surface area contributed by atoms with Gasteiger partial charge in [-0.05, 0) is 0 Å². The fraction of sp³-hybridized carbons (Fsp3) is 0.312. The van der Waals surface area contributed by atoms with Crippen molar-refractivity contribution in [2.75, 3.05) is 0 Å². The van der Waals surface area contributed by atoms with Crippen LogP contribution in [0.15, 0.2) is 48.6 Å². The molecule has 115 valence electrons. The fourth-order valence-electron chi connectivity index (χ4n) is 1.67. The molecule has 1 aliphatic carbocycles. The van der Waals surface area contributed by atoms with E-state index in [2.05, 4.69) is 56.3 Å². The predicted molar refractivity (Wildman–Crippen MR) is 70.9 cm³/mol. The summed E-state index contributed by atoms with van der Waals surface area (Å²) in [5, 5.41) is 0. The molecule has 0 heterocycles. The van der Waals surface area contributed by atoms with Gasteiger partial charge in [-0.25, -0.2) is 12.2 Å². The molecule has 20 heavy (non-hydrogen) atoms. The van der Waals surface area contributed by atoms with Crippen LogP contribution in [-0.4, -0.2) is 0 Å². The number of halogens is 3. The summed E-state index contributed by atoms with van der Waals surface area (Å²) in [6.07, 6.45) is 12.3. The van der Waals surface area contributed by atoms with Gasteiger partial charge in [-0.15, -0.1) is 18.6 Å². The first-order chi connectivity index (χ1) is 7.88. The van der Waals surface area contributed by atoms with E-state index in [4.69, 9.17) is 0 Å². The molecule has 0 aliphatic heterocycles. The van der Waals surface area contributed by atoms with Gasteiger partial charge >= 0.3 is 0 Å². The van der Waals surface area contributed by atoms with Crippen LogP contribution >= 0.6 is 0 Å². The summed E-state index contributed by atoms with van der Waals surface area (Å²) in [6, 6.07) is 10.6. The van der Waals surface area contributed by atoms with E-state index in [0.717, 1.165) is 6.42 Å². The third-order valence-electron chi connectivity index (χ3n) is 2.62. The maximum absolute atomic E-state index is 2.99. The number of hydrogen-bond donors (Lipinski definition) is 0. The molecule has 4 heteroatoms. The Bertz CT molecular complexity index is 323. The first kappa shape index (κ1) is 28.2. The van der Waals surface area contributed by atoms with Crippen LogP contribution in [0.2, 0.25) is 0 Å². The fourth-order valence-corrected chi connectivity index (χ4v) is 1.67. The molecule has 0 saturated carbocycles. The van der Waals surface area contributed by atoms with Crippen LogP contribution in [0.4, 0.5) is 0 Å². The second-order valence-corrected chi connectivity index (χ2v) is 3.68. The summed E-state index contributed by atoms with van der Waals surface area (Å²) in [6.45, 7) is 4.43. The van der Waals surface area contributed by atoms with Crippen LogP contribution in [0.3, 0.4) is 0 Å². The zero-order valence-corrected chi connectivity index (χ0v) is 15.5. The molecule has 1 aliphatic rings. The van der Waals surface area contributed by atoms with Gasteiger partial charge in [-0.1, -0.05) is 32.8 Å². The second kappa shape index (κ2) is 19.0. The minimum absolute atomic E-state index is 0. The standard InChI is InChI=1S/C11H15.C5H5.3ClH.V/c1-3-10(4-2)11-8-6-5-7-9-11;1-2-4-5-3-1;;;;/h5-9H,3-4H2,1-2H3;1-3H,4H2;3*1H;/q2*-1;;;;/p-3. The van der Waals surface area contributed by atoms with Crippen molar-refractivity contribution in [2.45, 2.75) is 33.1 Å². The van der Waals surface area contributed by atoms with E-state index < -0.39 is 0 Å². The van der Waals surface area contributed by atoms with Crippen LogP contribution in [0, 0.1) is 12.0 Å². The Kier molecular flexibility index (Phi) is 26.8. The maximum atomic E-state index is 2.99. The minimum Gasteiger partial charge on any atom is -1.00 e. The zero-order chi connectivity index (χ0) is 11.6. The van der Waals surface area contributed by atoms with Gasteiger partial charge in [0.2, 0.25) is 0 Å². The Balaban J connectivity index is -0.000000124. The van der Waals surface area contributed by atoms with Crippen molar-refractivity contribution >= 4 is 0 Å². The van der Waals surface area contributed by atoms with Crippen molar-refractivity contribution in [1.82, 2.24) is 0 Å². The Morgan fingerprint density at radius 2 is 1.55 bits per heavy atom. The van der Waals surface area contributed by atoms with Crippen LogP contribution in [0.25, 0.3) is 0 Å². The molecular weight excluding hydrogens is 349 g/mol. The molecule has 0 saturated heterocycles. The van der Waals surface area contributed by atoms with Crippen LogP contribution < -0.4 is 37.2 Å². The molecule has 0 atom stereocenters. The predicted octanol–water partition coefficient (Wildman–Crippen LogP) is -4.26. The van der Waals surface area contributed by atoms with Crippen LogP contribution in [0.1, 0.15) is 38.7 Å². The second-order valence-electron chi connectivity index (χ2n) is 3.68. The third-order valence-corrected chi connectivity index (χ3v) is 2.62. The van der Waals surface area contributed by atoms with E-state index in [0.29, 0.717) is 0 Å². The van der Waals surface area contributed by atoms with Crippen molar-refractivity contribution in [3.63, 3.8) is 0 Å². The van der Waals surface area contributed by atoms with E-state index >= 15 is 0 Å². The Hall–Kier alpha value is 0.0244. The quantitative estimate of drug-likeness (QED) is 0.474. The van der Waals surface area contributed by atoms with E-state index in [1.54, 1.807) is 5.92 Å². The van der Waals surface area contributed by atoms with Crippen molar-refractivity contribution in [2.24, 2.45) is 0 Å². The Morgan fingerprint density at radius 3 is 1.85 bits per heavy atom. The number of rotatable bonds is 3. The molecular formula is C16H20Cl3V-5. The summed E-state index contributed by atoms with van der Waals surface area (Å²) < 4.78 is 0. The summed E-state index contributed by atoms with van der Waals surface area (Å²) >= 11 is 0. The van der Waals surface area contributed by atoms with E-state index in [-0.39, 0.29) is 55.8 Å². The molecule has 0 nitrogen and oxygen atoms in total. The molecule has 0 aromatic heterocycles. The van der Waals surface area contributed by atoms with Crippen LogP contribution in [0.5, 0.6) is 0 Å². The Morgan fingerprint density at radius 1 is 1.00 bits per heavy atom. The van der Waals surface area contributed by atoms with Gasteiger partial charge in [0.25, 0.3) is 0 Å². The zero-order valence-electron chi connectivity index (χ0n) is 11.8. The third kappa shape index (κ3) is 11.8. The number of benzene rings is 1. The average molecular weight is 370 g/mol. The summed E-state index contributed by atoms with van der Waals surface area (Å²) in [7, 11) is 0. The smallest absolute Gasteiger partial charge is 0 e. The largest absolute Gasteiger partial charge is 1.00 e. The number of hydrogen-bond acceptors (Lipinski definition) is 0. The van der Waals surface area contributed by atoms with E-state index in [1.165, 1.54) is 18.4 Å². The molecule has 0 unspecified atom stereocenters. The molecule has 0 fully saturated rings. The summed E-state index contributed by atoms with van der Waals surface area (Å²) in [5.41, 5.74) is 1.40. The average Bonchev–Trinajstić information content (AvgIpc) is 2.91. The van der Waals surface area contributed by atoms with Crippen LogP contribution in [-0.2, 0) is 18.6 Å². The first-order valence-corrected chi connectivity index (χ1v) is 6.00. The molecule has 0 N–H and O–H groups in total. The van der Waals surface area contributed by atoms with Gasteiger partial charge < -0.3 is 37.2 Å². The molecule has 0 spiro atoms. The van der Waals surface area contributed by atoms with Crippen molar-refractivity contribution in [3.8, 4) is 0 Å². The van der Waals surface area contributed by atoms with Gasteiger partial charge in [0, 0.05) is 18.6 Å². The summed E-state index contributed by atoms with van der Waals surface area (Å²) in [4.78, 5) is 0. The summed E-state index contributed by atoms with van der Waals surface area (Å²) in [5.74, 6) is 1.55. The molecule has 1 aromatic carbocycles. The first-order valence-electron chi connectivity index (χ1n) is 6.00. The van der Waals surface area contributed by atoms with Crippen molar-refractivity contribution in [3.05, 3.63) is 66.1 Å². The van der Waals surface area contributed by atoms with E-state index in [1.807, 2.05) is 12.2 Å². The van der Waals surface area contributed by atoms with E-state index in [9.17, 15) is 0 Å². The van der Waals surface area contributed by atoms with Gasteiger partial charge in [-0.2, -0.15) is 29.7 Å². The Labute approximate surface area is 154 Å². The molecule has 0 amide bonds. The molecule has 1 aromatic rings. The van der Waals surface area contributed by atoms with Gasteiger partial charge in [-0.3, -0.25) is 6.08 Å². The van der Waals surface area contributed by atoms with Gasteiger partial charge in [0.1, 0.15) is 0 Å². The van der Waals surface area contributed by atoms with Crippen molar-refractivity contribution in [1.29, 1.82) is 0 Å². The molecule has 1 radical (unpaired) electrons. The van der Waals surface area contributed by atoms with Crippen molar-refractivity contribution < 1.29 is 55.8 Å². The maximum Gasteiger partial charge on any atom is 0 e. The minimum atomic E-state index is 0. The monoisotopic (exact) mass is 368 g/mol. The van der Waals surface area contributed by atoms with Gasteiger partial charge in [0.05, 0.1) is 0 Å². The topological polar surface area (TPSA) is 0 Å². The molecule has 0 bridgehead atoms. The van der Waals surface area contributed by atoms with Gasteiger partial charge in [0.15, 0.2) is 0 Å². The normalized spacial score (nSPS) is 9.70. The molecule has 2 rings (SSSR count).